The van der Waals surface area contributed by atoms with E-state index >= 15 is 0 Å². The van der Waals surface area contributed by atoms with E-state index in [1.54, 1.807) is 0 Å². The maximum absolute atomic E-state index is 4.28. The largest absolute Gasteiger partial charge is 0.292 e. The van der Waals surface area contributed by atoms with E-state index in [1.807, 2.05) is 12.3 Å². The molecule has 0 spiro atoms. The summed E-state index contributed by atoms with van der Waals surface area (Å²) in [5, 5.41) is 2.10. The fraction of sp³-hybridized carbons (Fsp3) is 0.444. The number of aromatic nitrogens is 1. The maximum atomic E-state index is 4.28. The van der Waals surface area contributed by atoms with Crippen LogP contribution in [0.1, 0.15) is 12.0 Å². The Labute approximate surface area is 72.4 Å². The fourth-order valence-electron chi connectivity index (χ4n) is 1.39. The van der Waals surface area contributed by atoms with Gasteiger partial charge in [0.2, 0.25) is 0 Å². The first-order valence-corrected chi connectivity index (χ1v) is 4.30. The van der Waals surface area contributed by atoms with Crippen LogP contribution in [0.5, 0.6) is 0 Å². The lowest BCUT2D eigenvalue weighted by molar-refractivity contribution is 0.773. The summed E-state index contributed by atoms with van der Waals surface area (Å²) in [6, 6.07) is 4.11. The minimum atomic E-state index is 1.03. The lowest BCUT2D eigenvalue weighted by Gasteiger charge is -2.16. The van der Waals surface area contributed by atoms with E-state index in [1.165, 1.54) is 12.0 Å². The third-order valence-electron chi connectivity index (χ3n) is 2.04. The van der Waals surface area contributed by atoms with Crippen molar-refractivity contribution in [3.8, 4) is 0 Å². The standard InChI is InChI=1S/C9H13N3/c1-8-3-5-10-9(7-8)12-6-2-4-11-12/h3,5,7,11H,2,4,6H2,1H3. The van der Waals surface area contributed by atoms with Gasteiger partial charge in [0.15, 0.2) is 0 Å². The Balaban J connectivity index is 2.21. The van der Waals surface area contributed by atoms with Crippen molar-refractivity contribution in [3.63, 3.8) is 0 Å². The zero-order chi connectivity index (χ0) is 8.39. The average Bonchev–Trinajstić information content (AvgIpc) is 2.56. The zero-order valence-corrected chi connectivity index (χ0v) is 7.25. The molecule has 2 rings (SSSR count). The Morgan fingerprint density at radius 1 is 1.58 bits per heavy atom. The van der Waals surface area contributed by atoms with E-state index < -0.39 is 0 Å². The van der Waals surface area contributed by atoms with E-state index in [9.17, 15) is 0 Å². The number of nitrogens with one attached hydrogen (secondary N) is 1. The smallest absolute Gasteiger partial charge is 0.142 e. The van der Waals surface area contributed by atoms with Crippen LogP contribution in [0.3, 0.4) is 0 Å². The molecule has 0 saturated carbocycles. The van der Waals surface area contributed by atoms with Crippen molar-refractivity contribution in [3.05, 3.63) is 23.9 Å². The SMILES string of the molecule is Cc1ccnc(N2CCCN2)c1. The van der Waals surface area contributed by atoms with Crippen molar-refractivity contribution in [2.75, 3.05) is 18.1 Å². The molecule has 2 heterocycles. The van der Waals surface area contributed by atoms with Crippen LogP contribution in [0, 0.1) is 6.92 Å². The van der Waals surface area contributed by atoms with Gasteiger partial charge in [-0.3, -0.25) is 5.01 Å². The van der Waals surface area contributed by atoms with Crippen molar-refractivity contribution in [1.82, 2.24) is 10.4 Å². The van der Waals surface area contributed by atoms with Gasteiger partial charge >= 0.3 is 0 Å². The Hall–Kier alpha value is -1.09. The van der Waals surface area contributed by atoms with Crippen molar-refractivity contribution < 1.29 is 0 Å². The van der Waals surface area contributed by atoms with Crippen LogP contribution in [-0.4, -0.2) is 18.1 Å². The van der Waals surface area contributed by atoms with Crippen LogP contribution in [0.15, 0.2) is 18.3 Å². The van der Waals surface area contributed by atoms with E-state index in [4.69, 9.17) is 0 Å². The van der Waals surface area contributed by atoms with Crippen LogP contribution >= 0.6 is 0 Å². The number of pyridine rings is 1. The summed E-state index contributed by atoms with van der Waals surface area (Å²) in [4.78, 5) is 4.28. The molecule has 0 bridgehead atoms. The summed E-state index contributed by atoms with van der Waals surface area (Å²) in [5.41, 5.74) is 4.53. The van der Waals surface area contributed by atoms with Gasteiger partial charge in [0.05, 0.1) is 0 Å². The topological polar surface area (TPSA) is 28.2 Å². The molecule has 0 aromatic carbocycles. The van der Waals surface area contributed by atoms with Crippen molar-refractivity contribution in [2.24, 2.45) is 0 Å². The minimum absolute atomic E-state index is 1.03. The Morgan fingerprint density at radius 2 is 2.50 bits per heavy atom. The summed E-state index contributed by atoms with van der Waals surface area (Å²) in [5.74, 6) is 1.03. The van der Waals surface area contributed by atoms with Crippen LogP contribution in [0.2, 0.25) is 0 Å². The van der Waals surface area contributed by atoms with Gasteiger partial charge in [0.1, 0.15) is 5.82 Å². The highest BCUT2D eigenvalue weighted by Gasteiger charge is 2.11. The summed E-state index contributed by atoms with van der Waals surface area (Å²) < 4.78 is 0. The second-order valence-corrected chi connectivity index (χ2v) is 3.10. The molecule has 0 atom stereocenters. The molecule has 0 unspecified atom stereocenters. The van der Waals surface area contributed by atoms with Crippen molar-refractivity contribution >= 4 is 5.82 Å². The van der Waals surface area contributed by atoms with E-state index in [-0.39, 0.29) is 0 Å². The highest BCUT2D eigenvalue weighted by Crippen LogP contribution is 2.12. The summed E-state index contributed by atoms with van der Waals surface area (Å²) in [7, 11) is 0. The highest BCUT2D eigenvalue weighted by molar-refractivity contribution is 5.39. The normalized spacial score (nSPS) is 16.9. The predicted molar refractivity (Wildman–Crippen MR) is 48.9 cm³/mol. The molecule has 12 heavy (non-hydrogen) atoms. The number of aryl methyl sites for hydroxylation is 1. The van der Waals surface area contributed by atoms with Gasteiger partial charge in [0, 0.05) is 19.3 Å². The van der Waals surface area contributed by atoms with E-state index in [0.717, 1.165) is 18.9 Å². The lowest BCUT2D eigenvalue weighted by Crippen LogP contribution is -2.31. The third kappa shape index (κ3) is 1.41. The van der Waals surface area contributed by atoms with Gasteiger partial charge in [0.25, 0.3) is 0 Å². The number of hydrogen-bond donors (Lipinski definition) is 1. The van der Waals surface area contributed by atoms with Gasteiger partial charge < -0.3 is 0 Å². The minimum Gasteiger partial charge on any atom is -0.292 e. The third-order valence-corrected chi connectivity index (χ3v) is 2.04. The van der Waals surface area contributed by atoms with E-state index in [2.05, 4.69) is 28.4 Å². The second-order valence-electron chi connectivity index (χ2n) is 3.10. The number of hydrogen-bond acceptors (Lipinski definition) is 3. The van der Waals surface area contributed by atoms with Crippen molar-refractivity contribution in [2.45, 2.75) is 13.3 Å². The van der Waals surface area contributed by atoms with Crippen LogP contribution in [-0.2, 0) is 0 Å². The molecule has 1 aromatic heterocycles. The van der Waals surface area contributed by atoms with Crippen LogP contribution < -0.4 is 10.4 Å². The number of nitrogens with zero attached hydrogens (tertiary/aromatic N) is 2. The first-order valence-electron chi connectivity index (χ1n) is 4.30. The number of hydrazine groups is 1. The maximum Gasteiger partial charge on any atom is 0.142 e. The molecule has 1 aliphatic rings. The fourth-order valence-corrected chi connectivity index (χ4v) is 1.39. The van der Waals surface area contributed by atoms with E-state index in [0.29, 0.717) is 0 Å². The molecular weight excluding hydrogens is 150 g/mol. The van der Waals surface area contributed by atoms with Gasteiger partial charge in [-0.2, -0.15) is 0 Å². The molecule has 1 aliphatic heterocycles. The summed E-state index contributed by atoms with van der Waals surface area (Å²) in [6.07, 6.45) is 3.06. The molecular formula is C9H13N3. The van der Waals surface area contributed by atoms with Crippen LogP contribution in [0.25, 0.3) is 0 Å². The molecule has 1 aromatic rings. The van der Waals surface area contributed by atoms with Gasteiger partial charge in [-0.1, -0.05) is 0 Å². The molecule has 0 radical (unpaired) electrons. The molecule has 1 fully saturated rings. The number of anilines is 1. The second kappa shape index (κ2) is 3.11. The zero-order valence-electron chi connectivity index (χ0n) is 7.25. The van der Waals surface area contributed by atoms with Gasteiger partial charge in [-0.05, 0) is 31.0 Å². The number of rotatable bonds is 1. The first kappa shape index (κ1) is 7.55. The highest BCUT2D eigenvalue weighted by atomic mass is 15.5. The molecule has 3 nitrogen and oxygen atoms in total. The Kier molecular flexibility index (Phi) is 1.96. The quantitative estimate of drug-likeness (QED) is 0.672. The van der Waals surface area contributed by atoms with Gasteiger partial charge in [-0.15, -0.1) is 0 Å². The van der Waals surface area contributed by atoms with Gasteiger partial charge in [-0.25, -0.2) is 10.4 Å². The summed E-state index contributed by atoms with van der Waals surface area (Å²) >= 11 is 0. The van der Waals surface area contributed by atoms with Crippen molar-refractivity contribution in [1.29, 1.82) is 0 Å². The molecule has 64 valence electrons. The van der Waals surface area contributed by atoms with Crippen LogP contribution in [0.4, 0.5) is 5.82 Å². The molecule has 1 saturated heterocycles. The first-order chi connectivity index (χ1) is 5.86. The Bertz CT molecular complexity index is 266. The average molecular weight is 163 g/mol. The molecule has 0 amide bonds. The molecule has 0 aliphatic carbocycles. The monoisotopic (exact) mass is 163 g/mol. The molecule has 3 heteroatoms. The predicted octanol–water partition coefficient (Wildman–Crippen LogP) is 1.10. The lowest BCUT2D eigenvalue weighted by atomic mass is 10.3. The molecule has 1 N–H and O–H groups in total. The summed E-state index contributed by atoms with van der Waals surface area (Å²) in [6.45, 7) is 4.22. The Morgan fingerprint density at radius 3 is 3.17 bits per heavy atom.